The summed E-state index contributed by atoms with van der Waals surface area (Å²) < 4.78 is 35.4. The van der Waals surface area contributed by atoms with E-state index >= 15 is 0 Å². The van der Waals surface area contributed by atoms with Gasteiger partial charge in [-0.2, -0.15) is 0 Å². The summed E-state index contributed by atoms with van der Waals surface area (Å²) in [6.07, 6.45) is 3.76. The minimum atomic E-state index is -2.72. The van der Waals surface area contributed by atoms with Crippen molar-refractivity contribution in [3.63, 3.8) is 0 Å². The first kappa shape index (κ1) is 13.9. The molecule has 22 heavy (non-hydrogen) atoms. The van der Waals surface area contributed by atoms with E-state index in [4.69, 9.17) is 4.42 Å². The summed E-state index contributed by atoms with van der Waals surface area (Å²) in [6, 6.07) is 3.35. The van der Waals surface area contributed by atoms with Gasteiger partial charge in [-0.05, 0) is 25.0 Å². The molecule has 7 heteroatoms. The van der Waals surface area contributed by atoms with Gasteiger partial charge < -0.3 is 8.98 Å². The fourth-order valence-electron chi connectivity index (χ4n) is 3.04. The molecule has 4 rings (SSSR count). The Hall–Kier alpha value is -1.76. The molecule has 0 unspecified atom stereocenters. The van der Waals surface area contributed by atoms with Crippen LogP contribution in [0.2, 0.25) is 0 Å². The first-order valence-electron chi connectivity index (χ1n) is 7.57. The minimum Gasteiger partial charge on any atom is -0.423 e. The lowest BCUT2D eigenvalue weighted by atomic mass is 10.2. The van der Waals surface area contributed by atoms with Crippen molar-refractivity contribution in [2.45, 2.75) is 43.7 Å². The van der Waals surface area contributed by atoms with E-state index in [1.54, 1.807) is 4.90 Å². The van der Waals surface area contributed by atoms with Crippen LogP contribution in [0.5, 0.6) is 0 Å². The summed E-state index contributed by atoms with van der Waals surface area (Å²) in [6.45, 7) is 0.175. The van der Waals surface area contributed by atoms with Gasteiger partial charge in [0.1, 0.15) is 0 Å². The summed E-state index contributed by atoms with van der Waals surface area (Å²) in [5.74, 6) is -1.45. The highest BCUT2D eigenvalue weighted by atomic mass is 19.3. The smallest absolute Gasteiger partial charge is 0.262 e. The molecular weight excluding hydrogens is 290 g/mol. The van der Waals surface area contributed by atoms with Crippen LogP contribution in [0.1, 0.15) is 48.7 Å². The molecule has 0 aromatic carbocycles. The molecule has 1 atom stereocenters. The largest absolute Gasteiger partial charge is 0.423 e. The Morgan fingerprint density at radius 1 is 1.32 bits per heavy atom. The highest BCUT2D eigenvalue weighted by Crippen LogP contribution is 2.44. The monoisotopic (exact) mass is 308 g/mol. The van der Waals surface area contributed by atoms with E-state index in [9.17, 15) is 8.78 Å². The third-order valence-corrected chi connectivity index (χ3v) is 4.45. The second kappa shape index (κ2) is 4.87. The zero-order chi connectivity index (χ0) is 15.3. The van der Waals surface area contributed by atoms with Crippen molar-refractivity contribution in [2.24, 2.45) is 7.05 Å². The van der Waals surface area contributed by atoms with Crippen LogP contribution in [0.15, 0.2) is 22.7 Å². The first-order valence-corrected chi connectivity index (χ1v) is 7.57. The molecule has 1 aliphatic carbocycles. The topological polar surface area (TPSA) is 47.1 Å². The molecule has 118 valence electrons. The van der Waals surface area contributed by atoms with Gasteiger partial charge in [0.25, 0.3) is 5.92 Å². The van der Waals surface area contributed by atoms with Crippen molar-refractivity contribution in [1.82, 2.24) is 19.7 Å². The molecule has 0 radical (unpaired) electrons. The molecule has 2 aliphatic rings. The van der Waals surface area contributed by atoms with Crippen molar-refractivity contribution < 1.29 is 13.2 Å². The minimum absolute atomic E-state index is 0.260. The predicted octanol–water partition coefficient (Wildman–Crippen LogP) is 2.87. The maximum atomic E-state index is 13.9. The summed E-state index contributed by atoms with van der Waals surface area (Å²) in [4.78, 5) is 1.74. The second-order valence-electron chi connectivity index (χ2n) is 6.34. The van der Waals surface area contributed by atoms with E-state index in [1.807, 2.05) is 29.9 Å². The quantitative estimate of drug-likeness (QED) is 0.871. The van der Waals surface area contributed by atoms with Crippen LogP contribution in [-0.2, 0) is 13.6 Å². The third-order valence-electron chi connectivity index (χ3n) is 4.45. The molecule has 0 N–H and O–H groups in total. The van der Waals surface area contributed by atoms with Crippen molar-refractivity contribution in [2.75, 3.05) is 6.54 Å². The van der Waals surface area contributed by atoms with Crippen molar-refractivity contribution in [3.8, 4) is 0 Å². The standard InChI is InChI=1S/C15H18F2N4O/c1-20-6-2-3-11(20)8-21-9-15(16,17)7-12(21)14-19-18-13(22-14)10-4-5-10/h2-3,6,10,12H,4-5,7-9H2,1H3/t12-/m0/s1. The molecule has 1 saturated carbocycles. The normalized spacial score (nSPS) is 25.0. The average molecular weight is 308 g/mol. The van der Waals surface area contributed by atoms with Crippen molar-refractivity contribution >= 4 is 0 Å². The Balaban J connectivity index is 1.58. The number of aryl methyl sites for hydroxylation is 1. The Bertz CT molecular complexity index is 677. The van der Waals surface area contributed by atoms with Gasteiger partial charge in [0.05, 0.1) is 12.6 Å². The Kier molecular flexibility index (Phi) is 3.07. The molecule has 2 aromatic rings. The molecular formula is C15H18F2N4O. The first-order chi connectivity index (χ1) is 10.5. The number of aromatic nitrogens is 3. The van der Waals surface area contributed by atoms with E-state index in [1.165, 1.54) is 0 Å². The number of hydrogen-bond donors (Lipinski definition) is 0. The van der Waals surface area contributed by atoms with Crippen LogP contribution in [0.25, 0.3) is 0 Å². The molecule has 0 spiro atoms. The summed E-state index contributed by atoms with van der Waals surface area (Å²) in [5.41, 5.74) is 0.990. The highest BCUT2D eigenvalue weighted by molar-refractivity contribution is 5.10. The molecule has 5 nitrogen and oxygen atoms in total. The highest BCUT2D eigenvalue weighted by Gasteiger charge is 2.48. The molecule has 1 saturated heterocycles. The fraction of sp³-hybridized carbons (Fsp3) is 0.600. The van der Waals surface area contributed by atoms with Gasteiger partial charge in [0.2, 0.25) is 11.8 Å². The zero-order valence-electron chi connectivity index (χ0n) is 12.4. The van der Waals surface area contributed by atoms with Gasteiger partial charge in [-0.25, -0.2) is 8.78 Å². The van der Waals surface area contributed by atoms with E-state index in [0.29, 0.717) is 24.2 Å². The number of alkyl halides is 2. The lowest BCUT2D eigenvalue weighted by Gasteiger charge is -2.21. The van der Waals surface area contributed by atoms with Crippen LogP contribution in [0.3, 0.4) is 0 Å². The number of likely N-dealkylation sites (tertiary alicyclic amines) is 1. The van der Waals surface area contributed by atoms with Crippen LogP contribution in [-0.4, -0.2) is 32.1 Å². The van der Waals surface area contributed by atoms with Gasteiger partial charge in [0.15, 0.2) is 0 Å². The fourth-order valence-corrected chi connectivity index (χ4v) is 3.04. The Labute approximate surface area is 126 Å². The van der Waals surface area contributed by atoms with Crippen LogP contribution in [0.4, 0.5) is 8.78 Å². The number of nitrogens with zero attached hydrogens (tertiary/aromatic N) is 4. The average Bonchev–Trinajstić information content (AvgIpc) is 2.92. The van der Waals surface area contributed by atoms with Gasteiger partial charge in [-0.3, -0.25) is 4.90 Å². The Morgan fingerprint density at radius 3 is 2.77 bits per heavy atom. The third kappa shape index (κ3) is 2.54. The summed E-state index contributed by atoms with van der Waals surface area (Å²) >= 11 is 0. The summed E-state index contributed by atoms with van der Waals surface area (Å²) in [7, 11) is 1.91. The molecule has 0 bridgehead atoms. The maximum absolute atomic E-state index is 13.9. The van der Waals surface area contributed by atoms with E-state index < -0.39 is 12.0 Å². The van der Waals surface area contributed by atoms with Crippen LogP contribution < -0.4 is 0 Å². The molecule has 0 amide bonds. The summed E-state index contributed by atoms with van der Waals surface area (Å²) in [5, 5.41) is 8.05. The van der Waals surface area contributed by atoms with E-state index in [0.717, 1.165) is 18.5 Å². The SMILES string of the molecule is Cn1cccc1CN1CC(F)(F)C[C@H]1c1nnc(C2CC2)o1. The maximum Gasteiger partial charge on any atom is 0.262 e. The van der Waals surface area contributed by atoms with Crippen molar-refractivity contribution in [3.05, 3.63) is 35.8 Å². The molecule has 2 aromatic heterocycles. The van der Waals surface area contributed by atoms with E-state index in [-0.39, 0.29) is 13.0 Å². The van der Waals surface area contributed by atoms with Crippen LogP contribution >= 0.6 is 0 Å². The number of rotatable bonds is 4. The van der Waals surface area contributed by atoms with Gasteiger partial charge in [-0.15, -0.1) is 10.2 Å². The molecule has 2 fully saturated rings. The zero-order valence-corrected chi connectivity index (χ0v) is 12.4. The number of halogens is 2. The number of hydrogen-bond acceptors (Lipinski definition) is 4. The van der Waals surface area contributed by atoms with Crippen LogP contribution in [0, 0.1) is 0 Å². The van der Waals surface area contributed by atoms with Gasteiger partial charge in [0, 0.05) is 37.8 Å². The lowest BCUT2D eigenvalue weighted by Crippen LogP contribution is -2.27. The lowest BCUT2D eigenvalue weighted by molar-refractivity contribution is 0.0111. The van der Waals surface area contributed by atoms with E-state index in [2.05, 4.69) is 10.2 Å². The van der Waals surface area contributed by atoms with Gasteiger partial charge >= 0.3 is 0 Å². The Morgan fingerprint density at radius 2 is 2.09 bits per heavy atom. The van der Waals surface area contributed by atoms with Gasteiger partial charge in [-0.1, -0.05) is 0 Å². The second-order valence-corrected chi connectivity index (χ2v) is 6.34. The molecule has 3 heterocycles. The predicted molar refractivity (Wildman–Crippen MR) is 74.4 cm³/mol. The molecule has 1 aliphatic heterocycles. The van der Waals surface area contributed by atoms with Crippen molar-refractivity contribution in [1.29, 1.82) is 0 Å².